The predicted molar refractivity (Wildman–Crippen MR) is 88.6 cm³/mol. The summed E-state index contributed by atoms with van der Waals surface area (Å²) in [7, 11) is -1.65. The van der Waals surface area contributed by atoms with Gasteiger partial charge in [-0.1, -0.05) is 53.5 Å². The van der Waals surface area contributed by atoms with Crippen LogP contribution in [0.2, 0.25) is 18.1 Å². The summed E-state index contributed by atoms with van der Waals surface area (Å²) in [6.07, 6.45) is 8.96. The van der Waals surface area contributed by atoms with Gasteiger partial charge in [0.05, 0.1) is 6.61 Å². The molecule has 0 aliphatic carbocycles. The first-order valence-corrected chi connectivity index (χ1v) is 10.1. The van der Waals surface area contributed by atoms with E-state index in [1.807, 2.05) is 6.08 Å². The molecule has 0 aromatic carbocycles. The molecule has 110 valence electrons. The number of terminal acetylenes is 1. The van der Waals surface area contributed by atoms with E-state index in [0.29, 0.717) is 24.4 Å². The van der Waals surface area contributed by atoms with Crippen molar-refractivity contribution in [3.05, 3.63) is 12.2 Å². The van der Waals surface area contributed by atoms with Gasteiger partial charge in [0.15, 0.2) is 8.32 Å². The maximum atomic E-state index is 6.42. The van der Waals surface area contributed by atoms with E-state index in [1.54, 1.807) is 6.08 Å². The number of rotatable bonds is 9. The fourth-order valence-electron chi connectivity index (χ4n) is 3.00. The summed E-state index contributed by atoms with van der Waals surface area (Å²) in [4.78, 5) is 0. The lowest BCUT2D eigenvalue weighted by Gasteiger charge is -2.35. The van der Waals surface area contributed by atoms with Crippen LogP contribution in [0.5, 0.6) is 0 Å². The zero-order chi connectivity index (χ0) is 14.9. The van der Waals surface area contributed by atoms with Gasteiger partial charge in [0.25, 0.3) is 0 Å². The highest BCUT2D eigenvalue weighted by Crippen LogP contribution is 2.33. The maximum Gasteiger partial charge on any atom is 0.194 e. The summed E-state index contributed by atoms with van der Waals surface area (Å²) >= 11 is 0. The van der Waals surface area contributed by atoms with Crippen LogP contribution in [0, 0.1) is 30.1 Å². The molecule has 0 atom stereocenters. The molecule has 0 radical (unpaired) electrons. The zero-order valence-corrected chi connectivity index (χ0v) is 14.7. The molecule has 0 aromatic heterocycles. The van der Waals surface area contributed by atoms with Crippen LogP contribution >= 0.6 is 0 Å². The quantitative estimate of drug-likeness (QED) is 0.421. The van der Waals surface area contributed by atoms with Crippen molar-refractivity contribution in [1.29, 1.82) is 0 Å². The van der Waals surface area contributed by atoms with E-state index in [2.05, 4.69) is 47.5 Å². The minimum Gasteiger partial charge on any atom is -0.413 e. The van der Waals surface area contributed by atoms with Crippen molar-refractivity contribution >= 4 is 8.32 Å². The lowest BCUT2D eigenvalue weighted by Crippen LogP contribution is -2.42. The van der Waals surface area contributed by atoms with Crippen LogP contribution in [0.4, 0.5) is 0 Å². The first-order chi connectivity index (χ1) is 8.81. The Morgan fingerprint density at radius 3 is 1.68 bits per heavy atom. The average molecular weight is 281 g/mol. The molecule has 0 fully saturated rings. The normalized spacial score (nSPS) is 12.8. The van der Waals surface area contributed by atoms with Crippen molar-refractivity contribution in [2.75, 3.05) is 6.61 Å². The summed E-state index contributed by atoms with van der Waals surface area (Å²) in [6.45, 7) is 14.5. The second kappa shape index (κ2) is 9.39. The topological polar surface area (TPSA) is 9.23 Å². The van der Waals surface area contributed by atoms with Gasteiger partial charge in [0.1, 0.15) is 0 Å². The van der Waals surface area contributed by atoms with Gasteiger partial charge in [-0.05, 0) is 42.0 Å². The Kier molecular flexibility index (Phi) is 9.13. The molecule has 0 bridgehead atoms. The predicted octanol–water partition coefficient (Wildman–Crippen LogP) is 5.11. The second-order valence-electron chi connectivity index (χ2n) is 6.86. The molecule has 0 N–H and O–H groups in total. The monoisotopic (exact) mass is 280 g/mol. The second-order valence-corrected chi connectivity index (χ2v) is 10.7. The first kappa shape index (κ1) is 18.5. The van der Waals surface area contributed by atoms with E-state index in [4.69, 9.17) is 10.8 Å². The molecular formula is C17H32OSi. The van der Waals surface area contributed by atoms with E-state index in [1.165, 1.54) is 18.1 Å². The minimum absolute atomic E-state index is 0.683. The standard InChI is InChI=1S/C17H32OSi/c1-8-9-10-11-18-19(12-15(2)3,13-16(4)5)14-17(6)7/h1,9-10,15-17H,11-14H2,2-7H3. The summed E-state index contributed by atoms with van der Waals surface area (Å²) in [6, 6.07) is 3.77. The third-order valence-electron chi connectivity index (χ3n) is 3.04. The van der Waals surface area contributed by atoms with Crippen LogP contribution in [0.25, 0.3) is 0 Å². The van der Waals surface area contributed by atoms with Gasteiger partial charge >= 0.3 is 0 Å². The molecule has 2 heteroatoms. The SMILES string of the molecule is C#CC=CCO[Si](CC(C)C)(CC(C)C)CC(C)C. The van der Waals surface area contributed by atoms with Crippen LogP contribution in [0.1, 0.15) is 41.5 Å². The van der Waals surface area contributed by atoms with Crippen molar-refractivity contribution in [2.24, 2.45) is 17.8 Å². The Balaban J connectivity index is 4.88. The lowest BCUT2D eigenvalue weighted by molar-refractivity contribution is 0.322. The average Bonchev–Trinajstić information content (AvgIpc) is 2.21. The molecule has 0 aliphatic heterocycles. The van der Waals surface area contributed by atoms with Crippen molar-refractivity contribution in [1.82, 2.24) is 0 Å². The Morgan fingerprint density at radius 1 is 0.947 bits per heavy atom. The van der Waals surface area contributed by atoms with E-state index < -0.39 is 8.32 Å². The third-order valence-corrected chi connectivity index (χ3v) is 8.50. The number of hydrogen-bond acceptors (Lipinski definition) is 1. The van der Waals surface area contributed by atoms with Gasteiger partial charge in [0.2, 0.25) is 0 Å². The fraction of sp³-hybridized carbons (Fsp3) is 0.765. The molecule has 19 heavy (non-hydrogen) atoms. The molecule has 0 saturated carbocycles. The minimum atomic E-state index is -1.65. The molecule has 0 saturated heterocycles. The van der Waals surface area contributed by atoms with Gasteiger partial charge in [-0.2, -0.15) is 0 Å². The molecule has 0 rings (SSSR count). The number of allylic oxidation sites excluding steroid dienone is 1. The van der Waals surface area contributed by atoms with Gasteiger partial charge in [-0.3, -0.25) is 0 Å². The Labute approximate surface area is 122 Å². The molecule has 0 amide bonds. The zero-order valence-electron chi connectivity index (χ0n) is 13.7. The molecule has 0 aromatic rings. The Hall–Kier alpha value is -0.523. The van der Waals surface area contributed by atoms with E-state index in [9.17, 15) is 0 Å². The van der Waals surface area contributed by atoms with Crippen molar-refractivity contribution in [3.8, 4) is 12.3 Å². The Bertz CT molecular complexity index is 270. The van der Waals surface area contributed by atoms with Crippen molar-refractivity contribution in [3.63, 3.8) is 0 Å². The summed E-state index contributed by atoms with van der Waals surface area (Å²) in [5.74, 6) is 4.66. The van der Waals surface area contributed by atoms with Gasteiger partial charge in [-0.25, -0.2) is 0 Å². The first-order valence-electron chi connectivity index (χ1n) is 7.56. The molecule has 0 unspecified atom stereocenters. The molecular weight excluding hydrogens is 248 g/mol. The highest BCUT2D eigenvalue weighted by molar-refractivity contribution is 6.74. The third kappa shape index (κ3) is 9.08. The molecule has 0 heterocycles. The smallest absolute Gasteiger partial charge is 0.194 e. The molecule has 1 nitrogen and oxygen atoms in total. The van der Waals surface area contributed by atoms with E-state index in [-0.39, 0.29) is 0 Å². The van der Waals surface area contributed by atoms with Gasteiger partial charge in [-0.15, -0.1) is 6.42 Å². The summed E-state index contributed by atoms with van der Waals surface area (Å²) in [5, 5.41) is 0. The molecule has 0 aliphatic rings. The lowest BCUT2D eigenvalue weighted by atomic mass is 10.2. The van der Waals surface area contributed by atoms with Gasteiger partial charge < -0.3 is 4.43 Å². The van der Waals surface area contributed by atoms with Crippen LogP contribution in [-0.4, -0.2) is 14.9 Å². The highest BCUT2D eigenvalue weighted by Gasteiger charge is 2.36. The van der Waals surface area contributed by atoms with Gasteiger partial charge in [0, 0.05) is 0 Å². The fourth-order valence-corrected chi connectivity index (χ4v) is 8.77. The van der Waals surface area contributed by atoms with E-state index >= 15 is 0 Å². The summed E-state index contributed by atoms with van der Waals surface area (Å²) in [5.41, 5.74) is 0. The van der Waals surface area contributed by atoms with Crippen molar-refractivity contribution in [2.45, 2.75) is 59.7 Å². The van der Waals surface area contributed by atoms with Crippen LogP contribution < -0.4 is 0 Å². The molecule has 0 spiro atoms. The van der Waals surface area contributed by atoms with Crippen molar-refractivity contribution < 1.29 is 4.43 Å². The Morgan fingerprint density at radius 2 is 1.37 bits per heavy atom. The highest BCUT2D eigenvalue weighted by atomic mass is 28.4. The summed E-state index contributed by atoms with van der Waals surface area (Å²) < 4.78 is 6.42. The van der Waals surface area contributed by atoms with Crippen LogP contribution in [0.15, 0.2) is 12.2 Å². The van der Waals surface area contributed by atoms with Crippen LogP contribution in [0.3, 0.4) is 0 Å². The van der Waals surface area contributed by atoms with E-state index in [0.717, 1.165) is 0 Å². The maximum absolute atomic E-state index is 6.42. The van der Waals surface area contributed by atoms with Crippen LogP contribution in [-0.2, 0) is 4.43 Å². The number of hydrogen-bond donors (Lipinski definition) is 0. The largest absolute Gasteiger partial charge is 0.413 e.